The summed E-state index contributed by atoms with van der Waals surface area (Å²) in [4.78, 5) is 31.4. The fraction of sp³-hybridized carbons (Fsp3) is 0.250. The minimum absolute atomic E-state index is 0.0473. The van der Waals surface area contributed by atoms with Gasteiger partial charge in [-0.25, -0.2) is 14.4 Å². The maximum atomic E-state index is 14.1. The van der Waals surface area contributed by atoms with Crippen molar-refractivity contribution < 1.29 is 19.1 Å². The van der Waals surface area contributed by atoms with Crippen LogP contribution in [0.25, 0.3) is 11.5 Å². The molecule has 0 aliphatic heterocycles. The number of halogens is 1. The van der Waals surface area contributed by atoms with Gasteiger partial charge in [0.1, 0.15) is 17.4 Å². The molecule has 0 radical (unpaired) electrons. The van der Waals surface area contributed by atoms with Crippen LogP contribution in [0.3, 0.4) is 0 Å². The monoisotopic (exact) mass is 412 g/mol. The molecule has 0 fully saturated rings. The molecule has 2 aromatic heterocycles. The lowest BCUT2D eigenvalue weighted by Gasteiger charge is -2.13. The molecule has 0 unspecified atom stereocenters. The summed E-state index contributed by atoms with van der Waals surface area (Å²) in [5, 5.41) is 16.1. The highest BCUT2D eigenvalue weighted by molar-refractivity contribution is 5.93. The zero-order valence-corrected chi connectivity index (χ0v) is 16.5. The number of primary amides is 1. The van der Waals surface area contributed by atoms with Gasteiger partial charge in [0.25, 0.3) is 0 Å². The molecule has 9 nitrogen and oxygen atoms in total. The second kappa shape index (κ2) is 8.78. The Hall–Kier alpha value is -3.66. The van der Waals surface area contributed by atoms with Gasteiger partial charge in [0.05, 0.1) is 19.3 Å². The minimum atomic E-state index is -1.21. The van der Waals surface area contributed by atoms with Crippen LogP contribution in [0, 0.1) is 12.7 Å². The topological polar surface area (TPSA) is 136 Å². The number of hydrogen-bond acceptors (Lipinski definition) is 7. The van der Waals surface area contributed by atoms with Crippen molar-refractivity contribution in [3.8, 4) is 11.5 Å². The number of carbonyl (C=O) groups excluding carboxylic acids is 2. The van der Waals surface area contributed by atoms with E-state index in [1.165, 1.54) is 13.0 Å². The third-order valence-electron chi connectivity index (χ3n) is 4.53. The lowest BCUT2D eigenvalue weighted by molar-refractivity contribution is -0.119. The highest BCUT2D eigenvalue weighted by Gasteiger charge is 2.20. The molecule has 3 aromatic rings. The molecular formula is C20H21FN6O3. The molecule has 0 spiro atoms. The van der Waals surface area contributed by atoms with Crippen molar-refractivity contribution in [3.05, 3.63) is 59.2 Å². The predicted molar refractivity (Wildman–Crippen MR) is 107 cm³/mol. The van der Waals surface area contributed by atoms with Gasteiger partial charge in [0, 0.05) is 6.92 Å². The van der Waals surface area contributed by atoms with Gasteiger partial charge in [-0.05, 0) is 24.1 Å². The predicted octanol–water partition coefficient (Wildman–Crippen LogP) is 1.30. The first-order valence-electron chi connectivity index (χ1n) is 9.13. The molecule has 0 saturated carbocycles. The Morgan fingerprint density at radius 2 is 2.07 bits per heavy atom. The summed E-state index contributed by atoms with van der Waals surface area (Å²) in [6.07, 6.45) is 0.911. The van der Waals surface area contributed by atoms with E-state index in [4.69, 9.17) is 5.73 Å². The van der Waals surface area contributed by atoms with Gasteiger partial charge in [-0.3, -0.25) is 14.3 Å². The smallest absolute Gasteiger partial charge is 0.242 e. The van der Waals surface area contributed by atoms with Crippen LogP contribution < -0.4 is 11.1 Å². The van der Waals surface area contributed by atoms with Crippen molar-refractivity contribution in [3.63, 3.8) is 0 Å². The summed E-state index contributed by atoms with van der Waals surface area (Å²) < 4.78 is 15.6. The van der Waals surface area contributed by atoms with Gasteiger partial charge in [0.2, 0.25) is 5.91 Å². The largest absolute Gasteiger partial charge is 0.394 e. The van der Waals surface area contributed by atoms with Crippen LogP contribution in [0.1, 0.15) is 28.5 Å². The number of aliphatic hydroxyl groups excluding tert-OH is 1. The number of nitrogens with one attached hydrogen (secondary N) is 1. The lowest BCUT2D eigenvalue weighted by atomic mass is 10.1. The number of benzene rings is 1. The van der Waals surface area contributed by atoms with E-state index in [2.05, 4.69) is 20.4 Å². The molecule has 3 rings (SSSR count). The summed E-state index contributed by atoms with van der Waals surface area (Å²) >= 11 is 0. The van der Waals surface area contributed by atoms with Crippen LogP contribution in [0.5, 0.6) is 0 Å². The Balaban J connectivity index is 1.98. The number of hydrogen-bond donors (Lipinski definition) is 3. The van der Waals surface area contributed by atoms with Crippen molar-refractivity contribution in [2.45, 2.75) is 26.4 Å². The first-order valence-corrected chi connectivity index (χ1v) is 9.13. The maximum Gasteiger partial charge on any atom is 0.242 e. The highest BCUT2D eigenvalue weighted by atomic mass is 19.1. The Morgan fingerprint density at radius 3 is 2.70 bits per heavy atom. The van der Waals surface area contributed by atoms with Crippen molar-refractivity contribution in [2.75, 3.05) is 11.9 Å². The number of carbonyl (C=O) groups is 2. The van der Waals surface area contributed by atoms with Crippen LogP contribution in [-0.4, -0.2) is 49.2 Å². The number of amides is 1. The molecule has 1 amide bonds. The average Bonchev–Trinajstić information content (AvgIpc) is 3.13. The van der Waals surface area contributed by atoms with E-state index in [1.807, 2.05) is 31.2 Å². The quantitative estimate of drug-likeness (QED) is 0.474. The molecule has 156 valence electrons. The Bertz CT molecular complexity index is 1100. The van der Waals surface area contributed by atoms with E-state index < -0.39 is 24.4 Å². The zero-order valence-electron chi connectivity index (χ0n) is 16.5. The third kappa shape index (κ3) is 4.49. The van der Waals surface area contributed by atoms with Crippen molar-refractivity contribution >= 4 is 17.5 Å². The molecule has 2 heterocycles. The fourth-order valence-electron chi connectivity index (χ4n) is 2.84. The van der Waals surface area contributed by atoms with Gasteiger partial charge >= 0.3 is 0 Å². The van der Waals surface area contributed by atoms with Crippen molar-refractivity contribution in [2.24, 2.45) is 5.73 Å². The first-order chi connectivity index (χ1) is 14.3. The molecule has 0 bridgehead atoms. The highest BCUT2D eigenvalue weighted by Crippen LogP contribution is 2.21. The van der Waals surface area contributed by atoms with Crippen LogP contribution in [-0.2, 0) is 11.3 Å². The van der Waals surface area contributed by atoms with E-state index in [-0.39, 0.29) is 23.1 Å². The van der Waals surface area contributed by atoms with E-state index in [1.54, 1.807) is 4.68 Å². The second-order valence-corrected chi connectivity index (χ2v) is 6.73. The summed E-state index contributed by atoms with van der Waals surface area (Å²) in [5.41, 5.74) is 7.81. The van der Waals surface area contributed by atoms with Crippen LogP contribution in [0.15, 0.2) is 36.5 Å². The molecule has 0 saturated heterocycles. The van der Waals surface area contributed by atoms with Crippen LogP contribution >= 0.6 is 0 Å². The normalized spacial score (nSPS) is 11.9. The van der Waals surface area contributed by atoms with Gasteiger partial charge < -0.3 is 16.2 Å². The molecule has 1 atom stereocenters. The summed E-state index contributed by atoms with van der Waals surface area (Å²) in [5.74, 6) is -2.15. The van der Waals surface area contributed by atoms with Gasteiger partial charge in [-0.1, -0.05) is 24.3 Å². The number of anilines is 1. The van der Waals surface area contributed by atoms with Crippen LogP contribution in [0.2, 0.25) is 0 Å². The maximum absolute atomic E-state index is 14.1. The van der Waals surface area contributed by atoms with Crippen LogP contribution in [0.4, 0.5) is 10.2 Å². The van der Waals surface area contributed by atoms with Gasteiger partial charge in [0.15, 0.2) is 23.2 Å². The van der Waals surface area contributed by atoms with Gasteiger partial charge in [-0.2, -0.15) is 5.10 Å². The van der Waals surface area contributed by atoms with Gasteiger partial charge in [-0.15, -0.1) is 0 Å². The molecule has 30 heavy (non-hydrogen) atoms. The Morgan fingerprint density at radius 1 is 1.33 bits per heavy atom. The Kier molecular flexibility index (Phi) is 6.17. The minimum Gasteiger partial charge on any atom is -0.394 e. The molecule has 0 aliphatic rings. The van der Waals surface area contributed by atoms with Crippen molar-refractivity contribution in [1.82, 2.24) is 19.7 Å². The number of nitrogens with zero attached hydrogens (tertiary/aromatic N) is 4. The van der Waals surface area contributed by atoms with Crippen molar-refractivity contribution in [1.29, 1.82) is 0 Å². The summed E-state index contributed by atoms with van der Waals surface area (Å²) in [6.45, 7) is 3.12. The molecule has 10 heteroatoms. The number of aromatic nitrogens is 4. The summed E-state index contributed by atoms with van der Waals surface area (Å²) in [7, 11) is 0. The number of aryl methyl sites for hydroxylation is 1. The number of rotatable bonds is 8. The average molecular weight is 412 g/mol. The molecule has 0 aliphatic carbocycles. The van der Waals surface area contributed by atoms with E-state index in [0.29, 0.717) is 12.2 Å². The fourth-order valence-corrected chi connectivity index (χ4v) is 2.84. The number of nitrogens with two attached hydrogens (primary N) is 1. The molecule has 1 aromatic carbocycles. The third-order valence-corrected chi connectivity index (χ3v) is 4.53. The summed E-state index contributed by atoms with van der Waals surface area (Å²) in [6, 6.07) is 8.03. The lowest BCUT2D eigenvalue weighted by Crippen LogP contribution is -2.38. The Labute approximate surface area is 171 Å². The first kappa shape index (κ1) is 21.1. The molecular weight excluding hydrogens is 391 g/mol. The molecule has 4 N–H and O–H groups in total. The number of ketones is 1. The van der Waals surface area contributed by atoms with E-state index in [0.717, 1.165) is 17.3 Å². The zero-order chi connectivity index (χ0) is 21.8. The second-order valence-electron chi connectivity index (χ2n) is 6.73. The number of aliphatic hydroxyl groups is 1. The van der Waals surface area contributed by atoms with E-state index in [9.17, 15) is 19.1 Å². The number of Topliss-reactive ketones (excluding diaryl/α,β-unsaturated/α-hetero) is 1. The SMILES string of the molecule is CC(=O)c1cc(-c2ncc(F)c(N[C@@H](CO)C(N)=O)n2)nn1Cc1ccccc1C. The standard InChI is InChI=1S/C20H21FN6O3/c1-11-5-3-4-6-13(11)9-27-17(12(2)29)7-15(26-27)20-23-8-14(21)19(25-20)24-16(10-28)18(22)30/h3-8,16,28H,9-10H2,1-2H3,(H2,22,30)(H,23,24,25)/t16-/m0/s1. The van der Waals surface area contributed by atoms with E-state index >= 15 is 0 Å².